The van der Waals surface area contributed by atoms with Crippen molar-refractivity contribution in [2.75, 3.05) is 11.9 Å². The fourth-order valence-electron chi connectivity index (χ4n) is 4.32. The second-order valence-corrected chi connectivity index (χ2v) is 14.6. The van der Waals surface area contributed by atoms with Crippen LogP contribution in [0.15, 0.2) is 60.7 Å². The van der Waals surface area contributed by atoms with Crippen molar-refractivity contribution in [3.05, 3.63) is 60.7 Å². The molecule has 0 aliphatic carbocycles. The Balaban J connectivity index is 1.90. The van der Waals surface area contributed by atoms with E-state index in [9.17, 15) is 0 Å². The minimum Gasteiger partial charge on any atom is -0.407 e. The Morgan fingerprint density at radius 2 is 1.16 bits per heavy atom. The molecule has 0 spiro atoms. The summed E-state index contributed by atoms with van der Waals surface area (Å²) >= 11 is 3.49. The van der Waals surface area contributed by atoms with Gasteiger partial charge in [0.1, 0.15) is 0 Å². The molecular weight excluding hydrogens is 472 g/mol. The summed E-state index contributed by atoms with van der Waals surface area (Å²) in [6, 6.07) is 21.8. The minimum atomic E-state index is -2.39. The van der Waals surface area contributed by atoms with Crippen LogP contribution in [-0.4, -0.2) is 20.3 Å². The molecule has 0 radical (unpaired) electrons. The Hall–Kier alpha value is -1.34. The van der Waals surface area contributed by atoms with E-state index in [0.717, 1.165) is 37.6 Å². The molecule has 0 fully saturated rings. The zero-order chi connectivity index (χ0) is 23.1. The second-order valence-electron chi connectivity index (χ2n) is 9.53. The van der Waals surface area contributed by atoms with Gasteiger partial charge >= 0.3 is 0 Å². The van der Waals surface area contributed by atoms with Crippen LogP contribution in [0.2, 0.25) is 5.04 Å². The van der Waals surface area contributed by atoms with E-state index < -0.39 is 8.32 Å². The number of unbranched alkanes of at least 4 members (excludes halogenated alkanes) is 7. The largest absolute Gasteiger partial charge is 0.407 e. The van der Waals surface area contributed by atoms with Crippen LogP contribution in [0.3, 0.4) is 0 Å². The van der Waals surface area contributed by atoms with E-state index in [1.54, 1.807) is 0 Å². The summed E-state index contributed by atoms with van der Waals surface area (Å²) in [5, 5.41) is 3.89. The fourth-order valence-corrected chi connectivity index (χ4v) is 9.32. The first-order chi connectivity index (χ1) is 15.5. The predicted molar refractivity (Wildman–Crippen MR) is 147 cm³/mol. The fraction of sp³-hybridized carbons (Fsp3) is 0.517. The predicted octanol–water partition coefficient (Wildman–Crippen LogP) is 7.47. The zero-order valence-electron chi connectivity index (χ0n) is 20.3. The van der Waals surface area contributed by atoms with E-state index in [4.69, 9.17) is 4.43 Å². The monoisotopic (exact) mass is 512 g/mol. The van der Waals surface area contributed by atoms with Crippen molar-refractivity contribution in [3.8, 4) is 11.8 Å². The van der Waals surface area contributed by atoms with Crippen LogP contribution in [0.25, 0.3) is 0 Å². The maximum absolute atomic E-state index is 6.95. The second kappa shape index (κ2) is 14.7. The van der Waals surface area contributed by atoms with Gasteiger partial charge in [-0.25, -0.2) is 0 Å². The third-order valence-electron chi connectivity index (χ3n) is 5.99. The summed E-state index contributed by atoms with van der Waals surface area (Å²) in [5.41, 5.74) is 0. The first kappa shape index (κ1) is 26.9. The van der Waals surface area contributed by atoms with Gasteiger partial charge in [-0.2, -0.15) is 0 Å². The molecule has 0 aliphatic rings. The Kier molecular flexibility index (Phi) is 12.4. The molecule has 1 nitrogen and oxygen atoms in total. The van der Waals surface area contributed by atoms with Crippen LogP contribution < -0.4 is 10.4 Å². The Labute approximate surface area is 206 Å². The molecule has 0 aliphatic heterocycles. The quantitative estimate of drug-likeness (QED) is 0.117. The Morgan fingerprint density at radius 3 is 1.66 bits per heavy atom. The number of hydrogen-bond donors (Lipinski definition) is 0. The van der Waals surface area contributed by atoms with Crippen LogP contribution in [0.1, 0.15) is 78.6 Å². The molecule has 0 saturated carbocycles. The lowest BCUT2D eigenvalue weighted by molar-refractivity contribution is 0.289. The lowest BCUT2D eigenvalue weighted by Gasteiger charge is -2.43. The van der Waals surface area contributed by atoms with E-state index in [0.29, 0.717) is 0 Å². The lowest BCUT2D eigenvalue weighted by Crippen LogP contribution is -2.66. The van der Waals surface area contributed by atoms with Crippen LogP contribution in [0.4, 0.5) is 0 Å². The molecule has 2 aromatic rings. The number of rotatable bonds is 13. The molecule has 3 heteroatoms. The third kappa shape index (κ3) is 8.21. The molecule has 2 rings (SSSR count). The SMILES string of the molecule is CC(C)(C)[Si](OCCCCC#CCCCCCCCBr)(c1ccccc1)c1ccccc1. The summed E-state index contributed by atoms with van der Waals surface area (Å²) in [6.07, 6.45) is 10.7. The van der Waals surface area contributed by atoms with Gasteiger partial charge in [0.25, 0.3) is 8.32 Å². The van der Waals surface area contributed by atoms with Crippen LogP contribution in [0, 0.1) is 11.8 Å². The molecule has 174 valence electrons. The number of benzene rings is 2. The van der Waals surface area contributed by atoms with Crippen LogP contribution in [0.5, 0.6) is 0 Å². The van der Waals surface area contributed by atoms with Gasteiger partial charge in [0.05, 0.1) is 0 Å². The molecule has 0 saturated heterocycles. The van der Waals surface area contributed by atoms with E-state index in [1.165, 1.54) is 42.5 Å². The molecule has 0 unspecified atom stereocenters. The average Bonchev–Trinajstić information content (AvgIpc) is 2.80. The molecule has 0 atom stereocenters. The van der Waals surface area contributed by atoms with Crippen molar-refractivity contribution in [1.29, 1.82) is 0 Å². The van der Waals surface area contributed by atoms with Gasteiger partial charge in [-0.3, -0.25) is 0 Å². The molecule has 32 heavy (non-hydrogen) atoms. The summed E-state index contributed by atoms with van der Waals surface area (Å²) < 4.78 is 6.95. The first-order valence-electron chi connectivity index (χ1n) is 12.3. The molecule has 0 bridgehead atoms. The molecule has 0 N–H and O–H groups in total. The molecule has 0 aromatic heterocycles. The highest BCUT2D eigenvalue weighted by Gasteiger charge is 2.49. The highest BCUT2D eigenvalue weighted by atomic mass is 79.9. The zero-order valence-corrected chi connectivity index (χ0v) is 22.9. The summed E-state index contributed by atoms with van der Waals surface area (Å²) in [6.45, 7) is 7.81. The van der Waals surface area contributed by atoms with E-state index in [-0.39, 0.29) is 5.04 Å². The molecule has 0 heterocycles. The van der Waals surface area contributed by atoms with Crippen molar-refractivity contribution in [2.24, 2.45) is 0 Å². The van der Waals surface area contributed by atoms with Crippen LogP contribution >= 0.6 is 15.9 Å². The smallest absolute Gasteiger partial charge is 0.261 e. The minimum absolute atomic E-state index is 0.0457. The van der Waals surface area contributed by atoms with E-state index >= 15 is 0 Å². The van der Waals surface area contributed by atoms with Crippen molar-refractivity contribution in [2.45, 2.75) is 83.6 Å². The topological polar surface area (TPSA) is 9.23 Å². The van der Waals surface area contributed by atoms with Gasteiger partial charge in [-0.05, 0) is 41.1 Å². The number of alkyl halides is 1. The third-order valence-corrected chi connectivity index (χ3v) is 11.6. The summed E-state index contributed by atoms with van der Waals surface area (Å²) in [4.78, 5) is 0. The Morgan fingerprint density at radius 1 is 0.688 bits per heavy atom. The van der Waals surface area contributed by atoms with Crippen molar-refractivity contribution in [1.82, 2.24) is 0 Å². The van der Waals surface area contributed by atoms with Crippen LogP contribution in [-0.2, 0) is 4.43 Å². The first-order valence-corrected chi connectivity index (χ1v) is 15.3. The maximum Gasteiger partial charge on any atom is 0.261 e. The Bertz CT molecular complexity index is 762. The van der Waals surface area contributed by atoms with Gasteiger partial charge in [0.2, 0.25) is 0 Å². The van der Waals surface area contributed by atoms with E-state index in [1.807, 2.05) is 0 Å². The van der Waals surface area contributed by atoms with Gasteiger partial charge in [0.15, 0.2) is 0 Å². The normalized spacial score (nSPS) is 11.8. The highest BCUT2D eigenvalue weighted by molar-refractivity contribution is 9.09. The number of hydrogen-bond acceptors (Lipinski definition) is 1. The van der Waals surface area contributed by atoms with Crippen molar-refractivity contribution >= 4 is 34.6 Å². The summed E-state index contributed by atoms with van der Waals surface area (Å²) in [5.74, 6) is 6.75. The van der Waals surface area contributed by atoms with Crippen molar-refractivity contribution in [3.63, 3.8) is 0 Å². The van der Waals surface area contributed by atoms with Crippen molar-refractivity contribution < 1.29 is 4.43 Å². The maximum atomic E-state index is 6.95. The van der Waals surface area contributed by atoms with Gasteiger partial charge in [-0.1, -0.05) is 117 Å². The summed E-state index contributed by atoms with van der Waals surface area (Å²) in [7, 11) is -2.39. The average molecular weight is 514 g/mol. The van der Waals surface area contributed by atoms with Gasteiger partial charge in [0, 0.05) is 24.8 Å². The number of halogens is 1. The molecule has 0 amide bonds. The lowest BCUT2D eigenvalue weighted by atomic mass is 10.1. The van der Waals surface area contributed by atoms with Gasteiger partial charge in [-0.15, -0.1) is 11.8 Å². The highest BCUT2D eigenvalue weighted by Crippen LogP contribution is 2.36. The van der Waals surface area contributed by atoms with Gasteiger partial charge < -0.3 is 4.43 Å². The standard InChI is InChI=1S/C29H41BrOSi/c1-29(2,3)32(27-21-15-13-16-22-27,28-23-17-14-18-24-28)31-26-20-12-10-8-6-4-5-7-9-11-19-25-30/h13-18,21-24H,4-5,7,9-12,19-20,25-26H2,1-3H3. The van der Waals surface area contributed by atoms with E-state index in [2.05, 4.69) is 109 Å². The molecular formula is C29H41BrOSi. The molecule has 2 aromatic carbocycles.